The summed E-state index contributed by atoms with van der Waals surface area (Å²) in [6.07, 6.45) is 1.48. The van der Waals surface area contributed by atoms with E-state index in [0.29, 0.717) is 12.8 Å². The predicted octanol–water partition coefficient (Wildman–Crippen LogP) is 3.92. The van der Waals surface area contributed by atoms with E-state index in [1.54, 1.807) is 13.8 Å². The molecule has 0 bridgehead atoms. The molecule has 3 aliphatic carbocycles. The lowest BCUT2D eigenvalue weighted by atomic mass is 9.98. The number of ether oxygens (including phenoxy) is 1. The summed E-state index contributed by atoms with van der Waals surface area (Å²) >= 11 is 0. The van der Waals surface area contributed by atoms with Gasteiger partial charge in [-0.05, 0) is 53.4 Å². The Hall–Kier alpha value is -3.35. The Morgan fingerprint density at radius 1 is 1.03 bits per heavy atom. The van der Waals surface area contributed by atoms with Crippen molar-refractivity contribution >= 4 is 18.0 Å². The summed E-state index contributed by atoms with van der Waals surface area (Å²) in [6.45, 7) is 3.80. The summed E-state index contributed by atoms with van der Waals surface area (Å²) < 4.78 is 5.64. The maximum Gasteiger partial charge on any atom is 0.407 e. The third-order valence-corrected chi connectivity index (χ3v) is 7.75. The highest BCUT2D eigenvalue weighted by Crippen LogP contribution is 2.63. The molecule has 178 valence electrons. The van der Waals surface area contributed by atoms with Crippen molar-refractivity contribution in [1.82, 2.24) is 10.6 Å². The van der Waals surface area contributed by atoms with E-state index in [1.807, 2.05) is 24.3 Å². The second-order valence-corrected chi connectivity index (χ2v) is 10.2. The van der Waals surface area contributed by atoms with E-state index in [2.05, 4.69) is 34.9 Å². The second-order valence-electron chi connectivity index (χ2n) is 10.2. The van der Waals surface area contributed by atoms with Gasteiger partial charge in [0.05, 0.1) is 5.41 Å². The fourth-order valence-corrected chi connectivity index (χ4v) is 5.89. The minimum Gasteiger partial charge on any atom is -0.480 e. The van der Waals surface area contributed by atoms with E-state index >= 15 is 0 Å². The highest BCUT2D eigenvalue weighted by molar-refractivity contribution is 5.90. The van der Waals surface area contributed by atoms with Crippen molar-refractivity contribution in [1.29, 1.82) is 0 Å². The van der Waals surface area contributed by atoms with E-state index < -0.39 is 23.5 Å². The molecular formula is C27H30N2O5. The van der Waals surface area contributed by atoms with Crippen LogP contribution in [-0.2, 0) is 14.3 Å². The maximum absolute atomic E-state index is 12.9. The number of aliphatic carboxylic acids is 1. The van der Waals surface area contributed by atoms with Crippen LogP contribution in [0, 0.1) is 17.3 Å². The second kappa shape index (κ2) is 8.46. The van der Waals surface area contributed by atoms with Crippen molar-refractivity contribution in [3.63, 3.8) is 0 Å². The molecule has 0 saturated heterocycles. The van der Waals surface area contributed by atoms with E-state index in [-0.39, 0.29) is 36.3 Å². The van der Waals surface area contributed by atoms with Gasteiger partial charge in [0.2, 0.25) is 5.91 Å². The highest BCUT2D eigenvalue weighted by atomic mass is 16.5. The quantitative estimate of drug-likeness (QED) is 0.579. The monoisotopic (exact) mass is 462 g/mol. The smallest absolute Gasteiger partial charge is 0.407 e. The summed E-state index contributed by atoms with van der Waals surface area (Å²) in [4.78, 5) is 37.0. The van der Waals surface area contributed by atoms with Crippen LogP contribution in [0.3, 0.4) is 0 Å². The van der Waals surface area contributed by atoms with E-state index in [1.165, 1.54) is 11.1 Å². The van der Waals surface area contributed by atoms with Gasteiger partial charge in [-0.1, -0.05) is 62.4 Å². The lowest BCUT2D eigenvalue weighted by molar-refractivity contribution is -0.144. The van der Waals surface area contributed by atoms with Crippen molar-refractivity contribution in [3.8, 4) is 11.1 Å². The van der Waals surface area contributed by atoms with Crippen molar-refractivity contribution in [3.05, 3.63) is 59.7 Å². The zero-order valence-corrected chi connectivity index (χ0v) is 19.4. The van der Waals surface area contributed by atoms with Crippen LogP contribution in [0.4, 0.5) is 4.79 Å². The first-order valence-corrected chi connectivity index (χ1v) is 12.0. The fraction of sp³-hybridized carbons (Fsp3) is 0.444. The predicted molar refractivity (Wildman–Crippen MR) is 126 cm³/mol. The van der Waals surface area contributed by atoms with Gasteiger partial charge in [0.15, 0.2) is 0 Å². The standard InChI is InChI=1S/C27H30N2O5/c1-15(2)23(24(30)31)29-25(32)27-12-16(27)11-17(13-27)28-26(33)34-14-22-20-9-5-3-7-18(20)19-8-4-6-10-21(19)22/h3-10,15-17,22-23H,11-14H2,1-2H3,(H,28,33)(H,29,32)(H,30,31)/t16-,17+,23+,27+/m1/s1. The zero-order valence-electron chi connectivity index (χ0n) is 19.4. The van der Waals surface area contributed by atoms with E-state index in [0.717, 1.165) is 17.5 Å². The summed E-state index contributed by atoms with van der Waals surface area (Å²) in [7, 11) is 0. The molecule has 2 amide bonds. The molecule has 3 aliphatic rings. The van der Waals surface area contributed by atoms with Crippen LogP contribution in [0.15, 0.2) is 48.5 Å². The normalized spacial score (nSPS) is 25.1. The number of carboxylic acids is 1. The molecule has 34 heavy (non-hydrogen) atoms. The van der Waals surface area contributed by atoms with Crippen LogP contribution in [0.25, 0.3) is 11.1 Å². The topological polar surface area (TPSA) is 105 Å². The molecule has 2 fully saturated rings. The largest absolute Gasteiger partial charge is 0.480 e. The lowest BCUT2D eigenvalue weighted by Crippen LogP contribution is -2.48. The van der Waals surface area contributed by atoms with Crippen LogP contribution in [0.2, 0.25) is 0 Å². The van der Waals surface area contributed by atoms with Crippen molar-refractivity contribution < 1.29 is 24.2 Å². The first-order chi connectivity index (χ1) is 16.3. The molecule has 7 nitrogen and oxygen atoms in total. The Balaban J connectivity index is 1.17. The first kappa shape index (κ1) is 22.4. The fourth-order valence-electron chi connectivity index (χ4n) is 5.89. The molecule has 3 N–H and O–H groups in total. The van der Waals surface area contributed by atoms with Gasteiger partial charge in [0.25, 0.3) is 0 Å². The van der Waals surface area contributed by atoms with Gasteiger partial charge >= 0.3 is 12.1 Å². The number of alkyl carbamates (subject to hydrolysis) is 1. The molecular weight excluding hydrogens is 432 g/mol. The average molecular weight is 463 g/mol. The summed E-state index contributed by atoms with van der Waals surface area (Å²) in [5.74, 6) is -1.27. The number of rotatable bonds is 7. The molecule has 7 heteroatoms. The van der Waals surface area contributed by atoms with Crippen LogP contribution in [0.5, 0.6) is 0 Å². The average Bonchev–Trinajstić information content (AvgIpc) is 3.24. The van der Waals surface area contributed by atoms with Crippen molar-refractivity contribution in [2.75, 3.05) is 6.61 Å². The van der Waals surface area contributed by atoms with E-state index in [4.69, 9.17) is 4.74 Å². The summed E-state index contributed by atoms with van der Waals surface area (Å²) in [5.41, 5.74) is 4.11. The minimum absolute atomic E-state index is 0.00348. The Bertz CT molecular complexity index is 1100. The number of amides is 2. The lowest BCUT2D eigenvalue weighted by Gasteiger charge is -2.22. The molecule has 2 aromatic rings. The molecule has 0 unspecified atom stereocenters. The number of nitrogens with one attached hydrogen (secondary N) is 2. The Morgan fingerprint density at radius 2 is 1.65 bits per heavy atom. The molecule has 0 aliphatic heterocycles. The molecule has 2 aromatic carbocycles. The third kappa shape index (κ3) is 3.83. The van der Waals surface area contributed by atoms with Gasteiger partial charge in [0, 0.05) is 12.0 Å². The minimum atomic E-state index is -1.02. The number of carbonyl (C=O) groups is 3. The van der Waals surface area contributed by atoms with Crippen LogP contribution >= 0.6 is 0 Å². The van der Waals surface area contributed by atoms with Crippen molar-refractivity contribution in [2.45, 2.75) is 51.1 Å². The van der Waals surface area contributed by atoms with Gasteiger partial charge < -0.3 is 20.5 Å². The highest BCUT2D eigenvalue weighted by Gasteiger charge is 2.65. The molecule has 4 atom stereocenters. The molecule has 5 rings (SSSR count). The van der Waals surface area contributed by atoms with Gasteiger partial charge in [-0.15, -0.1) is 0 Å². The molecule has 0 spiro atoms. The van der Waals surface area contributed by atoms with Crippen LogP contribution in [0.1, 0.15) is 50.2 Å². The number of benzene rings is 2. The van der Waals surface area contributed by atoms with Crippen LogP contribution < -0.4 is 10.6 Å². The Labute approximate surface area is 198 Å². The van der Waals surface area contributed by atoms with Gasteiger partial charge in [-0.25, -0.2) is 9.59 Å². The summed E-state index contributed by atoms with van der Waals surface area (Å²) in [5, 5.41) is 15.0. The van der Waals surface area contributed by atoms with Crippen LogP contribution in [-0.4, -0.2) is 41.8 Å². The van der Waals surface area contributed by atoms with E-state index in [9.17, 15) is 19.5 Å². The van der Waals surface area contributed by atoms with Gasteiger partial charge in [-0.2, -0.15) is 0 Å². The molecule has 0 aromatic heterocycles. The van der Waals surface area contributed by atoms with Gasteiger partial charge in [0.1, 0.15) is 12.6 Å². The molecule has 0 radical (unpaired) electrons. The van der Waals surface area contributed by atoms with Crippen molar-refractivity contribution in [2.24, 2.45) is 17.3 Å². The zero-order chi connectivity index (χ0) is 24.0. The van der Waals surface area contributed by atoms with Gasteiger partial charge in [-0.3, -0.25) is 4.79 Å². The number of carboxylic acid groups (broad SMARTS) is 1. The number of fused-ring (bicyclic) bond motifs is 4. The maximum atomic E-state index is 12.9. The number of hydrogen-bond acceptors (Lipinski definition) is 4. The number of carbonyl (C=O) groups excluding carboxylic acids is 2. The molecule has 2 saturated carbocycles. The third-order valence-electron chi connectivity index (χ3n) is 7.75. The SMILES string of the molecule is CC(C)[C@H](NC(=O)[C@@]12C[C@@H](NC(=O)OCC3c4ccccc4-c4ccccc43)C[C@@H]1C2)C(=O)O. The Morgan fingerprint density at radius 3 is 2.24 bits per heavy atom. The summed E-state index contributed by atoms with van der Waals surface area (Å²) in [6, 6.07) is 15.3. The first-order valence-electron chi connectivity index (χ1n) is 12.0. The number of hydrogen-bond donors (Lipinski definition) is 3. The Kier molecular flexibility index (Phi) is 5.58. The molecule has 0 heterocycles.